The molecule has 0 bridgehead atoms. The molecule has 0 radical (unpaired) electrons. The summed E-state index contributed by atoms with van der Waals surface area (Å²) in [4.78, 5) is 60.7. The quantitative estimate of drug-likeness (QED) is 0.280. The van der Waals surface area contributed by atoms with Crippen LogP contribution in [-0.4, -0.2) is 67.5 Å². The standard InChI is InChI=1S/C22H20N4O6S3/c1-32-25-16(15-8-24-22(23)35-15)14(27)7-13-18(28)26-17(20(29)30)12(9-33-19(13)26)10-34-21(31)11-5-3-2-4-6-11/h2-6,8,13,19H,7,9-10H2,1H3,(H2,23,24)(H,29,30)/b25-16+/t13-,19-/m1/s1. The smallest absolute Gasteiger partial charge is 0.352 e. The van der Waals surface area contributed by atoms with Crippen molar-refractivity contribution >= 4 is 68.5 Å². The summed E-state index contributed by atoms with van der Waals surface area (Å²) in [6, 6.07) is 8.69. The number of oxime groups is 1. The zero-order valence-electron chi connectivity index (χ0n) is 18.4. The fraction of sp³-hybridized carbons (Fsp3) is 0.273. The molecule has 13 heteroatoms. The van der Waals surface area contributed by atoms with Gasteiger partial charge in [0.05, 0.1) is 16.2 Å². The molecular weight excluding hydrogens is 512 g/mol. The number of nitrogen functional groups attached to an aromatic ring is 1. The summed E-state index contributed by atoms with van der Waals surface area (Å²) in [5, 5.41) is 13.2. The predicted molar refractivity (Wildman–Crippen MR) is 134 cm³/mol. The maximum Gasteiger partial charge on any atom is 0.352 e. The van der Waals surface area contributed by atoms with Gasteiger partial charge in [-0.1, -0.05) is 58.6 Å². The second kappa shape index (κ2) is 10.6. The van der Waals surface area contributed by atoms with Crippen LogP contribution >= 0.6 is 34.9 Å². The number of nitrogens with two attached hydrogens (primary N) is 1. The zero-order valence-corrected chi connectivity index (χ0v) is 20.8. The van der Waals surface area contributed by atoms with Gasteiger partial charge in [0.2, 0.25) is 11.0 Å². The number of carboxylic acid groups (broad SMARTS) is 1. The Balaban J connectivity index is 1.47. The average molecular weight is 533 g/mol. The van der Waals surface area contributed by atoms with Gasteiger partial charge in [-0.3, -0.25) is 19.3 Å². The van der Waals surface area contributed by atoms with Crippen LogP contribution in [0.25, 0.3) is 0 Å². The SMILES string of the molecule is CO/N=C(\C(=O)C[C@@H]1C(=O)N2C(C(=O)O)=C(CSC(=O)c3ccccc3)CS[C@H]12)c1cnc(N)s1. The van der Waals surface area contributed by atoms with E-state index in [4.69, 9.17) is 10.6 Å². The Morgan fingerprint density at radius 1 is 1.31 bits per heavy atom. The van der Waals surface area contributed by atoms with Gasteiger partial charge in [0.1, 0.15) is 12.8 Å². The van der Waals surface area contributed by atoms with Crippen molar-refractivity contribution in [3.05, 3.63) is 58.2 Å². The molecule has 2 aliphatic heterocycles. The van der Waals surface area contributed by atoms with E-state index < -0.39 is 29.0 Å². The summed E-state index contributed by atoms with van der Waals surface area (Å²) in [7, 11) is 1.30. The van der Waals surface area contributed by atoms with Gasteiger partial charge in [0, 0.05) is 29.7 Å². The number of aromatic nitrogens is 1. The van der Waals surface area contributed by atoms with E-state index >= 15 is 0 Å². The number of thiazole rings is 1. The van der Waals surface area contributed by atoms with Gasteiger partial charge >= 0.3 is 5.97 Å². The highest BCUT2D eigenvalue weighted by atomic mass is 32.2. The number of hydrogen-bond donors (Lipinski definition) is 2. The van der Waals surface area contributed by atoms with Gasteiger partial charge in [-0.05, 0) is 5.57 Å². The van der Waals surface area contributed by atoms with E-state index in [1.54, 1.807) is 30.3 Å². The number of fused-ring (bicyclic) bond motifs is 1. The van der Waals surface area contributed by atoms with Crippen molar-refractivity contribution in [2.24, 2.45) is 11.1 Å². The third kappa shape index (κ3) is 5.11. The topological polar surface area (TPSA) is 152 Å². The van der Waals surface area contributed by atoms with Crippen LogP contribution in [0, 0.1) is 5.92 Å². The van der Waals surface area contributed by atoms with Gasteiger partial charge in [0.25, 0.3) is 0 Å². The fourth-order valence-electron chi connectivity index (χ4n) is 3.76. The Hall–Kier alpha value is -3.16. The number of β-lactam (4-membered cyclic amide) rings is 1. The molecule has 2 aromatic rings. The van der Waals surface area contributed by atoms with Crippen LogP contribution in [0.4, 0.5) is 5.13 Å². The molecule has 0 spiro atoms. The zero-order chi connectivity index (χ0) is 25.1. The van der Waals surface area contributed by atoms with Crippen molar-refractivity contribution in [3.63, 3.8) is 0 Å². The lowest BCUT2D eigenvalue weighted by atomic mass is 9.89. The Kier molecular flexibility index (Phi) is 7.57. The number of nitrogens with zero attached hydrogens (tertiary/aromatic N) is 3. The molecule has 1 aromatic carbocycles. The lowest BCUT2D eigenvalue weighted by Crippen LogP contribution is -2.62. The number of carbonyl (C=O) groups excluding carboxylic acids is 3. The number of rotatable bonds is 9. The number of thioether (sulfide) groups is 2. The van der Waals surface area contributed by atoms with Crippen molar-refractivity contribution < 1.29 is 29.1 Å². The Morgan fingerprint density at radius 2 is 2.06 bits per heavy atom. The summed E-state index contributed by atoms with van der Waals surface area (Å²) in [5.41, 5.74) is 6.56. The molecule has 1 fully saturated rings. The summed E-state index contributed by atoms with van der Waals surface area (Å²) in [6.45, 7) is 0. The number of hydrogen-bond acceptors (Lipinski definition) is 11. The molecule has 35 heavy (non-hydrogen) atoms. The normalized spacial score (nSPS) is 19.7. The number of amides is 1. The van der Waals surface area contributed by atoms with Gasteiger partial charge in [-0.2, -0.15) is 0 Å². The van der Waals surface area contributed by atoms with Crippen LogP contribution in [0.1, 0.15) is 21.7 Å². The molecule has 10 nitrogen and oxygen atoms in total. The van der Waals surface area contributed by atoms with E-state index in [-0.39, 0.29) is 33.8 Å². The van der Waals surface area contributed by atoms with Gasteiger partial charge < -0.3 is 15.7 Å². The van der Waals surface area contributed by atoms with Crippen LogP contribution in [0.3, 0.4) is 0 Å². The summed E-state index contributed by atoms with van der Waals surface area (Å²) in [6.07, 6.45) is 1.25. The number of benzene rings is 1. The van der Waals surface area contributed by atoms with Gasteiger partial charge in [-0.15, -0.1) is 11.8 Å². The number of carboxylic acids is 1. The van der Waals surface area contributed by atoms with E-state index in [1.807, 2.05) is 0 Å². The van der Waals surface area contributed by atoms with Crippen LogP contribution < -0.4 is 5.73 Å². The molecule has 3 heterocycles. The number of anilines is 1. The highest BCUT2D eigenvalue weighted by Crippen LogP contribution is 2.46. The third-order valence-electron chi connectivity index (χ3n) is 5.36. The van der Waals surface area contributed by atoms with E-state index in [0.29, 0.717) is 21.8 Å². The summed E-state index contributed by atoms with van der Waals surface area (Å²) >= 11 is 3.44. The second-order valence-corrected chi connectivity index (χ2v) is 10.6. The minimum Gasteiger partial charge on any atom is -0.477 e. The minimum absolute atomic E-state index is 0.0132. The Morgan fingerprint density at radius 3 is 2.69 bits per heavy atom. The first-order valence-corrected chi connectivity index (χ1v) is 13.1. The first kappa shape index (κ1) is 24.9. The van der Waals surface area contributed by atoms with E-state index in [9.17, 15) is 24.3 Å². The monoisotopic (exact) mass is 532 g/mol. The van der Waals surface area contributed by atoms with Crippen LogP contribution in [0.15, 0.2) is 53.0 Å². The van der Waals surface area contributed by atoms with Crippen LogP contribution in [-0.2, 0) is 19.2 Å². The van der Waals surface area contributed by atoms with Crippen molar-refractivity contribution in [1.82, 2.24) is 9.88 Å². The molecule has 1 aromatic heterocycles. The number of Topliss-reactive ketones (excluding diaryl/α,β-unsaturated/α-hetero) is 1. The average Bonchev–Trinajstić information content (AvgIpc) is 3.29. The summed E-state index contributed by atoms with van der Waals surface area (Å²) < 4.78 is 0. The molecule has 1 amide bonds. The third-order valence-corrected chi connectivity index (χ3v) is 8.58. The fourth-order valence-corrected chi connectivity index (χ4v) is 6.83. The van der Waals surface area contributed by atoms with Crippen molar-refractivity contribution in [2.75, 3.05) is 24.3 Å². The molecule has 0 unspecified atom stereocenters. The molecule has 0 aliphatic carbocycles. The van der Waals surface area contributed by atoms with Crippen LogP contribution in [0.5, 0.6) is 0 Å². The van der Waals surface area contributed by atoms with Gasteiger partial charge in [-0.25, -0.2) is 9.78 Å². The van der Waals surface area contributed by atoms with Crippen molar-refractivity contribution in [1.29, 1.82) is 0 Å². The Labute approximate surface area is 212 Å². The van der Waals surface area contributed by atoms with Crippen molar-refractivity contribution in [3.8, 4) is 0 Å². The van der Waals surface area contributed by atoms with E-state index in [2.05, 4.69) is 10.1 Å². The number of carbonyl (C=O) groups is 4. The second-order valence-electron chi connectivity index (χ2n) is 7.53. The lowest BCUT2D eigenvalue weighted by Gasteiger charge is -2.49. The molecule has 0 saturated carbocycles. The maximum absolute atomic E-state index is 13.0. The highest BCUT2D eigenvalue weighted by Gasteiger charge is 2.54. The minimum atomic E-state index is -1.24. The molecule has 2 atom stereocenters. The van der Waals surface area contributed by atoms with E-state index in [0.717, 1.165) is 23.1 Å². The number of ketones is 1. The number of aliphatic carboxylic acids is 1. The van der Waals surface area contributed by atoms with Gasteiger partial charge in [0.15, 0.2) is 16.6 Å². The largest absolute Gasteiger partial charge is 0.477 e. The predicted octanol–water partition coefficient (Wildman–Crippen LogP) is 2.48. The molecule has 4 rings (SSSR count). The van der Waals surface area contributed by atoms with E-state index in [1.165, 1.54) is 30.0 Å². The Bertz CT molecular complexity index is 1240. The lowest BCUT2D eigenvalue weighted by molar-refractivity contribution is -0.153. The molecule has 1 saturated heterocycles. The maximum atomic E-state index is 13.0. The van der Waals surface area contributed by atoms with Crippen LogP contribution in [0.2, 0.25) is 0 Å². The highest BCUT2D eigenvalue weighted by molar-refractivity contribution is 8.14. The molecule has 182 valence electrons. The summed E-state index contributed by atoms with van der Waals surface area (Å²) in [5.74, 6) is -2.33. The first-order chi connectivity index (χ1) is 16.8. The molecule has 2 aliphatic rings. The first-order valence-electron chi connectivity index (χ1n) is 10.3. The van der Waals surface area contributed by atoms with Crippen molar-refractivity contribution in [2.45, 2.75) is 11.8 Å². The molecule has 3 N–H and O–H groups in total. The molecular formula is C22H20N4O6S3.